The van der Waals surface area contributed by atoms with E-state index in [-0.39, 0.29) is 11.8 Å². The van der Waals surface area contributed by atoms with Gasteiger partial charge in [0.15, 0.2) is 0 Å². The standard InChI is InChI=1S/C25H33N3O2/c1-16-13-19(4)25(20(5)14-16)26-22(29)11-12-28(21-9-10-21)15-23(30)27-24-17(2)7-6-8-18(24)3/h6-8,13-14,21H,9-12,15H2,1-5H3,(H,26,29)(H,27,30). The Bertz CT molecular complexity index is 904. The van der Waals surface area contributed by atoms with Crippen molar-refractivity contribution in [3.05, 3.63) is 58.1 Å². The largest absolute Gasteiger partial charge is 0.326 e. The van der Waals surface area contributed by atoms with Gasteiger partial charge in [-0.25, -0.2) is 0 Å². The Morgan fingerprint density at radius 3 is 1.97 bits per heavy atom. The lowest BCUT2D eigenvalue weighted by Gasteiger charge is -2.22. The monoisotopic (exact) mass is 407 g/mol. The fourth-order valence-electron chi connectivity index (χ4n) is 4.03. The molecule has 0 aliphatic heterocycles. The Morgan fingerprint density at radius 1 is 0.867 bits per heavy atom. The highest BCUT2D eigenvalue weighted by atomic mass is 16.2. The van der Waals surface area contributed by atoms with Gasteiger partial charge in [0.25, 0.3) is 0 Å². The molecule has 2 N–H and O–H groups in total. The molecular formula is C25H33N3O2. The SMILES string of the molecule is Cc1cc(C)c(NC(=O)CCN(CC(=O)Nc2c(C)cccc2C)C2CC2)c(C)c1. The van der Waals surface area contributed by atoms with Gasteiger partial charge in [-0.15, -0.1) is 0 Å². The van der Waals surface area contributed by atoms with Crippen molar-refractivity contribution >= 4 is 23.2 Å². The molecule has 1 aliphatic rings. The van der Waals surface area contributed by atoms with E-state index in [1.54, 1.807) is 0 Å². The average molecular weight is 408 g/mol. The number of carbonyl (C=O) groups is 2. The topological polar surface area (TPSA) is 61.4 Å². The molecule has 0 bridgehead atoms. The van der Waals surface area contributed by atoms with Crippen molar-refractivity contribution < 1.29 is 9.59 Å². The maximum atomic E-state index is 12.7. The fourth-order valence-corrected chi connectivity index (χ4v) is 4.03. The number of anilines is 2. The van der Waals surface area contributed by atoms with Crippen molar-refractivity contribution in [2.75, 3.05) is 23.7 Å². The minimum absolute atomic E-state index is 0.00846. The highest BCUT2D eigenvalue weighted by Crippen LogP contribution is 2.27. The van der Waals surface area contributed by atoms with Gasteiger partial charge in [0, 0.05) is 30.4 Å². The van der Waals surface area contributed by atoms with Gasteiger partial charge >= 0.3 is 0 Å². The van der Waals surface area contributed by atoms with Crippen LogP contribution in [-0.4, -0.2) is 35.8 Å². The van der Waals surface area contributed by atoms with Crippen LogP contribution >= 0.6 is 0 Å². The maximum absolute atomic E-state index is 12.7. The lowest BCUT2D eigenvalue weighted by atomic mass is 10.0. The molecule has 3 rings (SSSR count). The van der Waals surface area contributed by atoms with Crippen LogP contribution in [0.3, 0.4) is 0 Å². The summed E-state index contributed by atoms with van der Waals surface area (Å²) in [5, 5.41) is 6.12. The highest BCUT2D eigenvalue weighted by Gasteiger charge is 2.30. The Morgan fingerprint density at radius 2 is 1.40 bits per heavy atom. The van der Waals surface area contributed by atoms with Crippen molar-refractivity contribution in [3.8, 4) is 0 Å². The molecule has 5 heteroatoms. The summed E-state index contributed by atoms with van der Waals surface area (Å²) >= 11 is 0. The molecule has 0 atom stereocenters. The quantitative estimate of drug-likeness (QED) is 0.669. The third-order valence-electron chi connectivity index (χ3n) is 5.72. The molecule has 5 nitrogen and oxygen atoms in total. The van der Waals surface area contributed by atoms with Crippen molar-refractivity contribution in [2.24, 2.45) is 0 Å². The smallest absolute Gasteiger partial charge is 0.238 e. The highest BCUT2D eigenvalue weighted by molar-refractivity contribution is 5.94. The van der Waals surface area contributed by atoms with E-state index in [1.807, 2.05) is 45.9 Å². The molecule has 0 spiro atoms. The van der Waals surface area contributed by atoms with Gasteiger partial charge in [-0.1, -0.05) is 35.9 Å². The molecule has 1 aliphatic carbocycles. The zero-order chi connectivity index (χ0) is 21.8. The van der Waals surface area contributed by atoms with Gasteiger partial charge < -0.3 is 10.6 Å². The number of para-hydroxylation sites is 1. The second kappa shape index (κ2) is 9.43. The second-order valence-corrected chi connectivity index (χ2v) is 8.59. The van der Waals surface area contributed by atoms with Crippen molar-refractivity contribution in [1.29, 1.82) is 0 Å². The van der Waals surface area contributed by atoms with Crippen LogP contribution in [0.15, 0.2) is 30.3 Å². The zero-order valence-corrected chi connectivity index (χ0v) is 18.8. The molecule has 0 radical (unpaired) electrons. The predicted molar refractivity (Wildman–Crippen MR) is 123 cm³/mol. The van der Waals surface area contributed by atoms with Gasteiger partial charge in [-0.05, 0) is 69.7 Å². The Balaban J connectivity index is 1.56. The van der Waals surface area contributed by atoms with E-state index < -0.39 is 0 Å². The number of hydrogen-bond donors (Lipinski definition) is 2. The number of amides is 2. The maximum Gasteiger partial charge on any atom is 0.238 e. The summed E-state index contributed by atoms with van der Waals surface area (Å²) in [6, 6.07) is 10.6. The average Bonchev–Trinajstić information content (AvgIpc) is 3.50. The lowest BCUT2D eigenvalue weighted by molar-refractivity contribution is -0.119. The Hall–Kier alpha value is -2.66. The van der Waals surface area contributed by atoms with Crippen LogP contribution in [0.5, 0.6) is 0 Å². The van der Waals surface area contributed by atoms with Crippen LogP contribution in [0.2, 0.25) is 0 Å². The number of nitrogens with one attached hydrogen (secondary N) is 2. The summed E-state index contributed by atoms with van der Waals surface area (Å²) in [6.45, 7) is 11.0. The Kier molecular flexibility index (Phi) is 6.93. The molecule has 0 saturated heterocycles. The van der Waals surface area contributed by atoms with Crippen LogP contribution < -0.4 is 10.6 Å². The van der Waals surface area contributed by atoms with Gasteiger partial charge in [-0.2, -0.15) is 0 Å². The molecule has 0 unspecified atom stereocenters. The van der Waals surface area contributed by atoms with Gasteiger partial charge in [0.1, 0.15) is 0 Å². The van der Waals surface area contributed by atoms with Gasteiger partial charge in [0.05, 0.1) is 6.54 Å². The summed E-state index contributed by atoms with van der Waals surface area (Å²) in [6.07, 6.45) is 2.56. The summed E-state index contributed by atoms with van der Waals surface area (Å²) in [5.41, 5.74) is 7.25. The van der Waals surface area contributed by atoms with E-state index in [0.717, 1.165) is 46.5 Å². The first-order valence-corrected chi connectivity index (χ1v) is 10.7. The normalized spacial score (nSPS) is 13.4. The van der Waals surface area contributed by atoms with E-state index >= 15 is 0 Å². The molecule has 0 heterocycles. The third kappa shape index (κ3) is 5.70. The number of rotatable bonds is 8. The first-order chi connectivity index (χ1) is 14.2. The molecular weight excluding hydrogens is 374 g/mol. The number of benzene rings is 2. The molecule has 2 aromatic carbocycles. The van der Waals surface area contributed by atoms with Crippen molar-refractivity contribution in [1.82, 2.24) is 4.90 Å². The zero-order valence-electron chi connectivity index (χ0n) is 18.8. The number of hydrogen-bond acceptors (Lipinski definition) is 3. The number of carbonyl (C=O) groups excluding carboxylic acids is 2. The van der Waals surface area contributed by atoms with Crippen LogP contribution in [0, 0.1) is 34.6 Å². The molecule has 160 valence electrons. The van der Waals surface area contributed by atoms with E-state index in [0.29, 0.717) is 25.6 Å². The van der Waals surface area contributed by atoms with Gasteiger partial charge in [0.2, 0.25) is 11.8 Å². The molecule has 0 aromatic heterocycles. The predicted octanol–water partition coefficient (Wildman–Crippen LogP) is 4.66. The van der Waals surface area contributed by atoms with Crippen LogP contribution in [0.25, 0.3) is 0 Å². The van der Waals surface area contributed by atoms with Crippen molar-refractivity contribution in [3.63, 3.8) is 0 Å². The lowest BCUT2D eigenvalue weighted by Crippen LogP contribution is -2.37. The van der Waals surface area contributed by atoms with E-state index in [9.17, 15) is 9.59 Å². The number of aryl methyl sites for hydroxylation is 5. The minimum Gasteiger partial charge on any atom is -0.326 e. The van der Waals surface area contributed by atoms with Crippen LogP contribution in [0.1, 0.15) is 47.1 Å². The third-order valence-corrected chi connectivity index (χ3v) is 5.72. The first-order valence-electron chi connectivity index (χ1n) is 10.7. The van der Waals surface area contributed by atoms with Crippen molar-refractivity contribution in [2.45, 2.75) is 59.9 Å². The van der Waals surface area contributed by atoms with Gasteiger partial charge in [-0.3, -0.25) is 14.5 Å². The van der Waals surface area contributed by atoms with Crippen LogP contribution in [-0.2, 0) is 9.59 Å². The van der Waals surface area contributed by atoms with E-state index in [2.05, 4.69) is 34.6 Å². The molecule has 1 saturated carbocycles. The summed E-state index contributed by atoms with van der Waals surface area (Å²) in [4.78, 5) is 27.4. The summed E-state index contributed by atoms with van der Waals surface area (Å²) in [7, 11) is 0. The summed E-state index contributed by atoms with van der Waals surface area (Å²) in [5.74, 6) is -0.0317. The van der Waals surface area contributed by atoms with E-state index in [1.165, 1.54) is 5.56 Å². The Labute approximate surface area is 179 Å². The first kappa shape index (κ1) is 22.0. The number of nitrogens with zero attached hydrogens (tertiary/aromatic N) is 1. The summed E-state index contributed by atoms with van der Waals surface area (Å²) < 4.78 is 0. The minimum atomic E-state index is -0.0232. The fraction of sp³-hybridized carbons (Fsp3) is 0.440. The van der Waals surface area contributed by atoms with Crippen LogP contribution in [0.4, 0.5) is 11.4 Å². The molecule has 2 aromatic rings. The second-order valence-electron chi connectivity index (χ2n) is 8.59. The molecule has 1 fully saturated rings. The van der Waals surface area contributed by atoms with E-state index in [4.69, 9.17) is 0 Å². The molecule has 30 heavy (non-hydrogen) atoms. The molecule has 2 amide bonds.